The number of thiophene rings is 1. The summed E-state index contributed by atoms with van der Waals surface area (Å²) in [5.74, 6) is 0.743. The summed E-state index contributed by atoms with van der Waals surface area (Å²) in [6, 6.07) is 12.5. The first-order valence-corrected chi connectivity index (χ1v) is 14.5. The molecule has 0 aliphatic carbocycles. The van der Waals surface area contributed by atoms with Gasteiger partial charge in [0.15, 0.2) is 28.3 Å². The van der Waals surface area contributed by atoms with Crippen LogP contribution in [-0.2, 0) is 19.7 Å². The van der Waals surface area contributed by atoms with Crippen molar-refractivity contribution >= 4 is 28.9 Å². The molecule has 3 heterocycles. The summed E-state index contributed by atoms with van der Waals surface area (Å²) in [5, 5.41) is 11.4. The molecule has 0 aliphatic rings. The highest BCUT2D eigenvalue weighted by molar-refractivity contribution is 7.99. The monoisotopic (exact) mass is 540 g/mol. The number of carbonyl (C=O) groups excluding carboxylic acids is 1. The molecule has 0 saturated carbocycles. The fraction of sp³-hybridized carbons (Fsp3) is 0.393. The van der Waals surface area contributed by atoms with E-state index in [0.717, 1.165) is 55.7 Å². The lowest BCUT2D eigenvalue weighted by Gasteiger charge is -2.11. The number of unbranched alkanes of at least 4 members (excludes halogenated alkanes) is 3. The molecule has 0 bridgehead atoms. The fourth-order valence-corrected chi connectivity index (χ4v) is 5.81. The molecule has 0 aliphatic heterocycles. The molecular weight excluding hydrogens is 507 g/mol. The minimum atomic E-state index is -0.409. The maximum absolute atomic E-state index is 14.0. The number of thioether (sulfide) groups is 1. The van der Waals surface area contributed by atoms with Gasteiger partial charge in [0.1, 0.15) is 6.61 Å². The molecule has 0 radical (unpaired) electrons. The smallest absolute Gasteiger partial charge is 0.191 e. The van der Waals surface area contributed by atoms with Crippen LogP contribution in [0.5, 0.6) is 5.75 Å². The third-order valence-electron chi connectivity index (χ3n) is 6.32. The van der Waals surface area contributed by atoms with Crippen LogP contribution in [0, 0.1) is 19.7 Å². The standard InChI is InChI=1S/C28H33FN4O2S2/c1-4-5-6-9-14-32-27(18-35-26-13-8-7-12-24(26)29)30-31-28(32)37-19-25(34)23-16-20(2)33(21(23)3)17-22-11-10-15-36-22/h7-8,10-13,15-16H,4-6,9,14,17-19H2,1-3H3. The number of nitrogens with zero attached hydrogens (tertiary/aromatic N) is 4. The van der Waals surface area contributed by atoms with E-state index in [1.807, 2.05) is 30.5 Å². The van der Waals surface area contributed by atoms with Gasteiger partial charge in [-0.2, -0.15) is 0 Å². The third-order valence-corrected chi connectivity index (χ3v) is 8.15. The molecule has 6 nitrogen and oxygen atoms in total. The number of carbonyl (C=O) groups is 1. The summed E-state index contributed by atoms with van der Waals surface area (Å²) in [6.07, 6.45) is 4.38. The van der Waals surface area contributed by atoms with Crippen molar-refractivity contribution in [3.63, 3.8) is 0 Å². The van der Waals surface area contributed by atoms with E-state index in [1.54, 1.807) is 29.5 Å². The van der Waals surface area contributed by atoms with E-state index < -0.39 is 5.82 Å². The molecule has 196 valence electrons. The lowest BCUT2D eigenvalue weighted by molar-refractivity contribution is 0.102. The predicted octanol–water partition coefficient (Wildman–Crippen LogP) is 7.08. The fourth-order valence-electron chi connectivity index (χ4n) is 4.25. The van der Waals surface area contributed by atoms with Gasteiger partial charge >= 0.3 is 0 Å². The number of ether oxygens (including phenoxy) is 1. The highest BCUT2D eigenvalue weighted by atomic mass is 32.2. The van der Waals surface area contributed by atoms with Crippen molar-refractivity contribution in [2.24, 2.45) is 0 Å². The zero-order chi connectivity index (χ0) is 26.2. The SMILES string of the molecule is CCCCCCn1c(COc2ccccc2F)nnc1SCC(=O)c1cc(C)n(Cc2cccs2)c1C. The highest BCUT2D eigenvalue weighted by Gasteiger charge is 2.19. The van der Waals surface area contributed by atoms with Crippen molar-refractivity contribution < 1.29 is 13.9 Å². The largest absolute Gasteiger partial charge is 0.483 e. The Hall–Kier alpha value is -2.91. The molecule has 37 heavy (non-hydrogen) atoms. The van der Waals surface area contributed by atoms with Gasteiger partial charge in [0.2, 0.25) is 0 Å². The van der Waals surface area contributed by atoms with Crippen molar-refractivity contribution in [2.45, 2.75) is 71.3 Å². The van der Waals surface area contributed by atoms with Gasteiger partial charge in [-0.05, 0) is 49.9 Å². The van der Waals surface area contributed by atoms with Crippen molar-refractivity contribution in [3.05, 3.63) is 81.3 Å². The van der Waals surface area contributed by atoms with Crippen LogP contribution in [-0.4, -0.2) is 30.9 Å². The van der Waals surface area contributed by atoms with E-state index in [-0.39, 0.29) is 23.9 Å². The molecular formula is C28H33FN4O2S2. The van der Waals surface area contributed by atoms with Crippen LogP contribution < -0.4 is 4.74 Å². The van der Waals surface area contributed by atoms with Gasteiger partial charge in [-0.3, -0.25) is 4.79 Å². The van der Waals surface area contributed by atoms with Crippen LogP contribution in [0.15, 0.2) is 53.0 Å². The Morgan fingerprint density at radius 1 is 1.08 bits per heavy atom. The molecule has 0 spiro atoms. The van der Waals surface area contributed by atoms with Gasteiger partial charge in [0.25, 0.3) is 0 Å². The number of rotatable bonds is 14. The molecule has 9 heteroatoms. The summed E-state index contributed by atoms with van der Waals surface area (Å²) in [4.78, 5) is 14.5. The van der Waals surface area contributed by atoms with Crippen molar-refractivity contribution in [2.75, 3.05) is 5.75 Å². The summed E-state index contributed by atoms with van der Waals surface area (Å²) >= 11 is 3.11. The zero-order valence-corrected chi connectivity index (χ0v) is 23.2. The topological polar surface area (TPSA) is 61.9 Å². The number of aryl methyl sites for hydroxylation is 1. The predicted molar refractivity (Wildman–Crippen MR) is 147 cm³/mol. The van der Waals surface area contributed by atoms with Gasteiger partial charge < -0.3 is 13.9 Å². The number of hydrogen-bond acceptors (Lipinski definition) is 6. The molecule has 1 aromatic carbocycles. The third kappa shape index (κ3) is 6.90. The molecule has 0 atom stereocenters. The quantitative estimate of drug-likeness (QED) is 0.0972. The minimum Gasteiger partial charge on any atom is -0.483 e. The maximum atomic E-state index is 14.0. The van der Waals surface area contributed by atoms with Crippen LogP contribution in [0.3, 0.4) is 0 Å². The number of halogens is 1. The first-order valence-electron chi connectivity index (χ1n) is 12.6. The van der Waals surface area contributed by atoms with Gasteiger partial charge in [-0.25, -0.2) is 4.39 Å². The number of benzene rings is 1. The Bertz CT molecular complexity index is 1310. The molecule has 0 amide bonds. The summed E-state index contributed by atoms with van der Waals surface area (Å²) in [6.45, 7) is 7.84. The Kier molecular flexibility index (Phi) is 9.57. The normalized spacial score (nSPS) is 11.2. The number of ketones is 1. The van der Waals surface area contributed by atoms with E-state index in [1.165, 1.54) is 22.7 Å². The lowest BCUT2D eigenvalue weighted by Crippen LogP contribution is -2.11. The van der Waals surface area contributed by atoms with Crippen LogP contribution in [0.25, 0.3) is 0 Å². The maximum Gasteiger partial charge on any atom is 0.191 e. The lowest BCUT2D eigenvalue weighted by atomic mass is 10.2. The number of aromatic nitrogens is 4. The first kappa shape index (κ1) is 27.1. The average molecular weight is 541 g/mol. The number of hydrogen-bond donors (Lipinski definition) is 0. The highest BCUT2D eigenvalue weighted by Crippen LogP contribution is 2.25. The second-order valence-electron chi connectivity index (χ2n) is 8.99. The molecule has 0 unspecified atom stereocenters. The van der Waals surface area contributed by atoms with E-state index in [0.29, 0.717) is 11.0 Å². The van der Waals surface area contributed by atoms with E-state index in [4.69, 9.17) is 4.74 Å². The second kappa shape index (κ2) is 13.1. The van der Waals surface area contributed by atoms with E-state index in [9.17, 15) is 9.18 Å². The first-order chi connectivity index (χ1) is 18.0. The zero-order valence-electron chi connectivity index (χ0n) is 21.6. The summed E-state index contributed by atoms with van der Waals surface area (Å²) in [5.41, 5.74) is 2.81. The van der Waals surface area contributed by atoms with Crippen LogP contribution in [0.2, 0.25) is 0 Å². The summed E-state index contributed by atoms with van der Waals surface area (Å²) in [7, 11) is 0. The molecule has 4 aromatic rings. The molecule has 0 fully saturated rings. The van der Waals surface area contributed by atoms with Crippen LogP contribution >= 0.6 is 23.1 Å². The van der Waals surface area contributed by atoms with Crippen molar-refractivity contribution in [3.8, 4) is 5.75 Å². The van der Waals surface area contributed by atoms with E-state index in [2.05, 4.69) is 33.1 Å². The Morgan fingerprint density at radius 3 is 2.68 bits per heavy atom. The molecule has 0 N–H and O–H groups in total. The molecule has 4 rings (SSSR count). The number of Topliss-reactive ketones (excluding diaryl/α,β-unsaturated/α-hetero) is 1. The molecule has 3 aromatic heterocycles. The van der Waals surface area contributed by atoms with Crippen molar-refractivity contribution in [1.82, 2.24) is 19.3 Å². The van der Waals surface area contributed by atoms with Gasteiger partial charge in [0, 0.05) is 28.4 Å². The number of para-hydroxylation sites is 1. The Balaban J connectivity index is 1.45. The average Bonchev–Trinajstić information content (AvgIpc) is 3.61. The Morgan fingerprint density at radius 2 is 1.92 bits per heavy atom. The molecule has 0 saturated heterocycles. The van der Waals surface area contributed by atoms with Gasteiger partial charge in [-0.1, -0.05) is 56.1 Å². The van der Waals surface area contributed by atoms with E-state index >= 15 is 0 Å². The second-order valence-corrected chi connectivity index (χ2v) is 11.0. The Labute approximate surface area is 225 Å². The van der Waals surface area contributed by atoms with Gasteiger partial charge in [0.05, 0.1) is 12.3 Å². The van der Waals surface area contributed by atoms with Gasteiger partial charge in [-0.15, -0.1) is 21.5 Å². The van der Waals surface area contributed by atoms with Crippen LogP contribution in [0.1, 0.15) is 65.1 Å². The minimum absolute atomic E-state index is 0.0696. The van der Waals surface area contributed by atoms with Crippen molar-refractivity contribution in [1.29, 1.82) is 0 Å². The summed E-state index contributed by atoms with van der Waals surface area (Å²) < 4.78 is 23.9. The van der Waals surface area contributed by atoms with Crippen LogP contribution in [0.4, 0.5) is 4.39 Å².